The van der Waals surface area contributed by atoms with Crippen LogP contribution < -0.4 is 5.32 Å². The molecule has 2 heterocycles. The average Bonchev–Trinajstić information content (AvgIpc) is 3.28. The number of likely N-dealkylation sites (tertiary alicyclic amines) is 1. The summed E-state index contributed by atoms with van der Waals surface area (Å²) in [5, 5.41) is 10.9. The van der Waals surface area contributed by atoms with E-state index in [0.29, 0.717) is 37.7 Å². The lowest BCUT2D eigenvalue weighted by Gasteiger charge is -2.22. The lowest BCUT2D eigenvalue weighted by Crippen LogP contribution is -2.41. The standard InChI is InChI=1S/C21H28N4O4/c1-14-5-7-15(8-6-14)19-24-23-17(28-19)9-10-18(26)25-12-11-16(13-25)22-20(27)29-21(2,3)4/h5-8,16H,9-13H2,1-4H3,(H,22,27). The largest absolute Gasteiger partial charge is 0.444 e. The highest BCUT2D eigenvalue weighted by molar-refractivity contribution is 5.77. The molecule has 8 nitrogen and oxygen atoms in total. The molecule has 29 heavy (non-hydrogen) atoms. The van der Waals surface area contributed by atoms with Gasteiger partial charge < -0.3 is 19.4 Å². The fraction of sp³-hybridized carbons (Fsp3) is 0.524. The fourth-order valence-corrected chi connectivity index (χ4v) is 3.12. The molecule has 1 aromatic heterocycles. The summed E-state index contributed by atoms with van der Waals surface area (Å²) >= 11 is 0. The van der Waals surface area contributed by atoms with Crippen molar-refractivity contribution < 1.29 is 18.7 Å². The second kappa shape index (κ2) is 8.63. The molecule has 1 N–H and O–H groups in total. The van der Waals surface area contributed by atoms with E-state index in [1.54, 1.807) is 4.90 Å². The van der Waals surface area contributed by atoms with Gasteiger partial charge in [-0.05, 0) is 46.2 Å². The van der Waals surface area contributed by atoms with Crippen LogP contribution in [0.2, 0.25) is 0 Å². The van der Waals surface area contributed by atoms with Crippen molar-refractivity contribution in [1.82, 2.24) is 20.4 Å². The molecular formula is C21H28N4O4. The van der Waals surface area contributed by atoms with Crippen molar-refractivity contribution in [1.29, 1.82) is 0 Å². The summed E-state index contributed by atoms with van der Waals surface area (Å²) in [6, 6.07) is 7.74. The molecule has 8 heteroatoms. The third kappa shape index (κ3) is 6.04. The summed E-state index contributed by atoms with van der Waals surface area (Å²) < 4.78 is 10.9. The van der Waals surface area contributed by atoms with Gasteiger partial charge >= 0.3 is 6.09 Å². The highest BCUT2D eigenvalue weighted by atomic mass is 16.6. The number of hydrogen-bond acceptors (Lipinski definition) is 6. The van der Waals surface area contributed by atoms with E-state index in [0.717, 1.165) is 11.1 Å². The van der Waals surface area contributed by atoms with E-state index >= 15 is 0 Å². The molecule has 1 aliphatic heterocycles. The summed E-state index contributed by atoms with van der Waals surface area (Å²) in [5.41, 5.74) is 1.47. The van der Waals surface area contributed by atoms with Crippen molar-refractivity contribution in [3.05, 3.63) is 35.7 Å². The number of carbonyl (C=O) groups is 2. The monoisotopic (exact) mass is 400 g/mol. The maximum Gasteiger partial charge on any atom is 0.407 e. The summed E-state index contributed by atoms with van der Waals surface area (Å²) in [7, 11) is 0. The highest BCUT2D eigenvalue weighted by Crippen LogP contribution is 2.19. The maximum atomic E-state index is 12.5. The summed E-state index contributed by atoms with van der Waals surface area (Å²) in [4.78, 5) is 26.1. The van der Waals surface area contributed by atoms with Crippen molar-refractivity contribution in [2.45, 2.75) is 58.6 Å². The van der Waals surface area contributed by atoms with Crippen LogP contribution in [0.5, 0.6) is 0 Å². The molecule has 1 aliphatic rings. The van der Waals surface area contributed by atoms with E-state index in [4.69, 9.17) is 9.15 Å². The van der Waals surface area contributed by atoms with Gasteiger partial charge in [0.1, 0.15) is 5.60 Å². The number of rotatable bonds is 5. The van der Waals surface area contributed by atoms with Gasteiger partial charge in [-0.2, -0.15) is 0 Å². The molecule has 0 bridgehead atoms. The minimum atomic E-state index is -0.542. The molecule has 0 radical (unpaired) electrons. The highest BCUT2D eigenvalue weighted by Gasteiger charge is 2.28. The molecule has 3 rings (SSSR count). The van der Waals surface area contributed by atoms with Crippen molar-refractivity contribution >= 4 is 12.0 Å². The van der Waals surface area contributed by atoms with Crippen molar-refractivity contribution in [3.8, 4) is 11.5 Å². The number of ether oxygens (including phenoxy) is 1. The maximum absolute atomic E-state index is 12.5. The molecule has 1 aromatic carbocycles. The van der Waals surface area contributed by atoms with Crippen LogP contribution in [-0.2, 0) is 16.0 Å². The topological polar surface area (TPSA) is 97.6 Å². The molecule has 156 valence electrons. The Morgan fingerprint density at radius 2 is 1.97 bits per heavy atom. The zero-order chi connectivity index (χ0) is 21.0. The van der Waals surface area contributed by atoms with Gasteiger partial charge in [-0.25, -0.2) is 4.79 Å². The predicted molar refractivity (Wildman–Crippen MR) is 107 cm³/mol. The number of aryl methyl sites for hydroxylation is 2. The molecule has 1 saturated heterocycles. The van der Waals surface area contributed by atoms with Crippen molar-refractivity contribution in [2.24, 2.45) is 0 Å². The Labute approximate surface area is 170 Å². The minimum absolute atomic E-state index is 0.00794. The van der Waals surface area contributed by atoms with Crippen LogP contribution in [0.15, 0.2) is 28.7 Å². The Morgan fingerprint density at radius 1 is 1.24 bits per heavy atom. The van der Waals surface area contributed by atoms with Crippen LogP contribution in [0.25, 0.3) is 11.5 Å². The van der Waals surface area contributed by atoms with Gasteiger partial charge in [0.05, 0.1) is 6.04 Å². The van der Waals surface area contributed by atoms with E-state index in [1.165, 1.54) is 0 Å². The Kier molecular flexibility index (Phi) is 6.20. The zero-order valence-corrected chi connectivity index (χ0v) is 17.4. The van der Waals surface area contributed by atoms with Gasteiger partial charge in [0, 0.05) is 31.5 Å². The molecule has 1 fully saturated rings. The smallest absolute Gasteiger partial charge is 0.407 e. The Balaban J connectivity index is 1.45. The van der Waals surface area contributed by atoms with Crippen molar-refractivity contribution in [3.63, 3.8) is 0 Å². The number of hydrogen-bond donors (Lipinski definition) is 1. The molecular weight excluding hydrogens is 372 g/mol. The Hall–Kier alpha value is -2.90. The van der Waals surface area contributed by atoms with Gasteiger partial charge in [-0.1, -0.05) is 17.7 Å². The summed E-state index contributed by atoms with van der Waals surface area (Å²) in [5.74, 6) is 0.903. The van der Waals surface area contributed by atoms with Crippen LogP contribution in [0.1, 0.15) is 45.1 Å². The van der Waals surface area contributed by atoms with Crippen LogP contribution in [0, 0.1) is 6.92 Å². The molecule has 1 atom stereocenters. The number of nitrogens with zero attached hydrogens (tertiary/aromatic N) is 3. The first-order valence-corrected chi connectivity index (χ1v) is 9.86. The second-order valence-corrected chi connectivity index (χ2v) is 8.34. The first-order valence-electron chi connectivity index (χ1n) is 9.86. The van der Waals surface area contributed by atoms with Crippen LogP contribution in [-0.4, -0.2) is 51.8 Å². The van der Waals surface area contributed by atoms with Crippen LogP contribution in [0.3, 0.4) is 0 Å². The SMILES string of the molecule is Cc1ccc(-c2nnc(CCC(=O)N3CCC(NC(=O)OC(C)(C)C)C3)o2)cc1. The van der Waals surface area contributed by atoms with E-state index in [1.807, 2.05) is 52.0 Å². The quantitative estimate of drug-likeness (QED) is 0.828. The van der Waals surface area contributed by atoms with E-state index in [2.05, 4.69) is 15.5 Å². The molecule has 0 spiro atoms. The molecule has 2 aromatic rings. The fourth-order valence-electron chi connectivity index (χ4n) is 3.12. The molecule has 2 amide bonds. The first kappa shape index (κ1) is 20.8. The van der Waals surface area contributed by atoms with Crippen LogP contribution in [0.4, 0.5) is 4.79 Å². The van der Waals surface area contributed by atoms with E-state index in [9.17, 15) is 9.59 Å². The predicted octanol–water partition coefficient (Wildman–Crippen LogP) is 3.10. The summed E-state index contributed by atoms with van der Waals surface area (Å²) in [6.07, 6.45) is 0.933. The summed E-state index contributed by atoms with van der Waals surface area (Å²) in [6.45, 7) is 8.56. The number of benzene rings is 1. The number of alkyl carbamates (subject to hydrolysis) is 1. The van der Waals surface area contributed by atoms with Gasteiger partial charge in [-0.3, -0.25) is 4.79 Å². The molecule has 0 saturated carbocycles. The minimum Gasteiger partial charge on any atom is -0.444 e. The lowest BCUT2D eigenvalue weighted by atomic mass is 10.1. The Morgan fingerprint density at radius 3 is 2.66 bits per heavy atom. The first-order chi connectivity index (χ1) is 13.7. The normalized spacial score (nSPS) is 16.7. The van der Waals surface area contributed by atoms with Gasteiger partial charge in [0.15, 0.2) is 0 Å². The van der Waals surface area contributed by atoms with Crippen molar-refractivity contribution in [2.75, 3.05) is 13.1 Å². The number of carbonyl (C=O) groups excluding carboxylic acids is 2. The third-order valence-corrected chi connectivity index (χ3v) is 4.58. The third-order valence-electron chi connectivity index (χ3n) is 4.58. The second-order valence-electron chi connectivity index (χ2n) is 8.34. The molecule has 0 aliphatic carbocycles. The van der Waals surface area contributed by atoms with Crippen LogP contribution >= 0.6 is 0 Å². The van der Waals surface area contributed by atoms with E-state index in [-0.39, 0.29) is 18.4 Å². The number of nitrogens with one attached hydrogen (secondary N) is 1. The molecule has 1 unspecified atom stereocenters. The lowest BCUT2D eigenvalue weighted by molar-refractivity contribution is -0.130. The average molecular weight is 400 g/mol. The number of amides is 2. The Bertz CT molecular complexity index is 854. The van der Waals surface area contributed by atoms with Gasteiger partial charge in [-0.15, -0.1) is 10.2 Å². The number of aromatic nitrogens is 2. The zero-order valence-electron chi connectivity index (χ0n) is 17.4. The van der Waals surface area contributed by atoms with Gasteiger partial charge in [0.2, 0.25) is 17.7 Å². The van der Waals surface area contributed by atoms with E-state index < -0.39 is 11.7 Å². The van der Waals surface area contributed by atoms with Gasteiger partial charge in [0.25, 0.3) is 0 Å².